The van der Waals surface area contributed by atoms with Crippen molar-refractivity contribution in [3.63, 3.8) is 0 Å². The van der Waals surface area contributed by atoms with Crippen LogP contribution in [0.3, 0.4) is 0 Å². The molecule has 0 aromatic rings. The molecule has 0 aromatic heterocycles. The van der Waals surface area contributed by atoms with Crippen molar-refractivity contribution in [2.45, 2.75) is 277 Å². The molecular formula is C72H116O6. The SMILES string of the molecule is CC/C=C\C/C=C\C/C=C\C/C=C\C/C=C\C/C=C\C/C=C\CCCC(=O)OCC(COC(=O)CCCCCCCCCCCCCCCCCCCC)OC(=O)CCCCC/C=C\C/C=C\C/C=C\C/C=C\C/C=C\CC. The highest BCUT2D eigenvalue weighted by Crippen LogP contribution is 2.16. The van der Waals surface area contributed by atoms with E-state index in [1.165, 1.54) is 96.3 Å². The van der Waals surface area contributed by atoms with E-state index < -0.39 is 6.10 Å². The summed E-state index contributed by atoms with van der Waals surface area (Å²) in [6.07, 6.45) is 92.8. The molecule has 440 valence electrons. The molecule has 0 heterocycles. The van der Waals surface area contributed by atoms with Gasteiger partial charge in [0, 0.05) is 19.3 Å². The summed E-state index contributed by atoms with van der Waals surface area (Å²) in [6, 6.07) is 0. The van der Waals surface area contributed by atoms with E-state index in [9.17, 15) is 14.4 Å². The molecular weight excluding hydrogens is 961 g/mol. The fourth-order valence-electron chi connectivity index (χ4n) is 8.40. The zero-order valence-electron chi connectivity index (χ0n) is 50.4. The third-order valence-electron chi connectivity index (χ3n) is 13.1. The maximum atomic E-state index is 12.9. The number of allylic oxidation sites excluding steroid dienone is 24. The van der Waals surface area contributed by atoms with Gasteiger partial charge in [-0.2, -0.15) is 0 Å². The molecule has 6 nitrogen and oxygen atoms in total. The van der Waals surface area contributed by atoms with Gasteiger partial charge in [-0.05, 0) is 116 Å². The Morgan fingerprint density at radius 3 is 0.833 bits per heavy atom. The molecule has 0 aliphatic carbocycles. The lowest BCUT2D eigenvalue weighted by Gasteiger charge is -2.18. The number of hydrogen-bond acceptors (Lipinski definition) is 6. The average Bonchev–Trinajstić information content (AvgIpc) is 3.44. The summed E-state index contributed by atoms with van der Waals surface area (Å²) in [6.45, 7) is 6.35. The molecule has 0 fully saturated rings. The standard InChI is InChI=1S/C72H116O6/c1-4-7-10-13-16-19-22-25-28-31-34-35-36-37-39-41-44-47-50-53-56-59-62-65-71(74)77-68-69(67-76-70(73)64-61-58-55-52-49-46-43-40-33-30-27-24-21-18-15-12-9-6-3)78-72(75)66-63-60-57-54-51-48-45-42-38-32-29-26-23-20-17-14-11-8-5-2/h7-8,10-11,16-17,19-20,25-26,28-29,34-35,37-39,42,44,47-48,51,53,56,69H,4-6,9,12-15,18,21-24,27,30-33,36,40-41,43,45-46,49-50,52,54-55,57-68H2,1-3H3/b10-7-,11-8-,19-16-,20-17-,28-25-,29-26-,35-34-,39-37-,42-38-,47-44-,51-48-,56-53-. The zero-order valence-corrected chi connectivity index (χ0v) is 50.4. The van der Waals surface area contributed by atoms with Crippen LogP contribution in [0.1, 0.15) is 271 Å². The summed E-state index contributed by atoms with van der Waals surface area (Å²) < 4.78 is 16.9. The Kier molecular flexibility index (Phi) is 60.9. The van der Waals surface area contributed by atoms with Crippen LogP contribution in [0.5, 0.6) is 0 Å². The molecule has 0 rings (SSSR count). The maximum Gasteiger partial charge on any atom is 0.306 e. The first-order valence-electron chi connectivity index (χ1n) is 31.8. The molecule has 1 atom stereocenters. The quantitative estimate of drug-likeness (QED) is 0.0261. The van der Waals surface area contributed by atoms with Crippen LogP contribution in [-0.2, 0) is 28.6 Å². The minimum Gasteiger partial charge on any atom is -0.462 e. The Morgan fingerprint density at radius 2 is 0.513 bits per heavy atom. The number of esters is 3. The lowest BCUT2D eigenvalue weighted by atomic mass is 10.0. The molecule has 0 saturated heterocycles. The van der Waals surface area contributed by atoms with Gasteiger partial charge in [-0.1, -0.05) is 282 Å². The van der Waals surface area contributed by atoms with Gasteiger partial charge in [0.2, 0.25) is 0 Å². The van der Waals surface area contributed by atoms with Crippen molar-refractivity contribution < 1.29 is 28.6 Å². The van der Waals surface area contributed by atoms with Gasteiger partial charge < -0.3 is 14.2 Å². The monoisotopic (exact) mass is 1080 g/mol. The van der Waals surface area contributed by atoms with Crippen LogP contribution in [0.4, 0.5) is 0 Å². The van der Waals surface area contributed by atoms with Gasteiger partial charge in [0.25, 0.3) is 0 Å². The number of hydrogen-bond donors (Lipinski definition) is 0. The summed E-state index contributed by atoms with van der Waals surface area (Å²) >= 11 is 0. The molecule has 0 spiro atoms. The van der Waals surface area contributed by atoms with Crippen LogP contribution in [0.15, 0.2) is 146 Å². The number of carbonyl (C=O) groups excluding carboxylic acids is 3. The minimum absolute atomic E-state index is 0.113. The molecule has 78 heavy (non-hydrogen) atoms. The smallest absolute Gasteiger partial charge is 0.306 e. The third kappa shape index (κ3) is 62.1. The zero-order chi connectivity index (χ0) is 56.4. The van der Waals surface area contributed by atoms with Crippen molar-refractivity contribution in [3.05, 3.63) is 146 Å². The molecule has 0 aromatic carbocycles. The molecule has 6 heteroatoms. The summed E-state index contributed by atoms with van der Waals surface area (Å²) in [5.41, 5.74) is 0. The number of unbranched alkanes of at least 4 members (excludes halogenated alkanes) is 21. The molecule has 0 radical (unpaired) electrons. The van der Waals surface area contributed by atoms with E-state index in [1.54, 1.807) is 0 Å². The highest BCUT2D eigenvalue weighted by atomic mass is 16.6. The van der Waals surface area contributed by atoms with E-state index >= 15 is 0 Å². The molecule has 0 saturated carbocycles. The normalized spacial score (nSPS) is 13.1. The summed E-state index contributed by atoms with van der Waals surface area (Å²) in [7, 11) is 0. The van der Waals surface area contributed by atoms with Gasteiger partial charge in [-0.15, -0.1) is 0 Å². The van der Waals surface area contributed by atoms with Crippen LogP contribution in [0.25, 0.3) is 0 Å². The third-order valence-corrected chi connectivity index (χ3v) is 13.1. The van der Waals surface area contributed by atoms with E-state index in [0.29, 0.717) is 19.3 Å². The van der Waals surface area contributed by atoms with E-state index in [0.717, 1.165) is 122 Å². The van der Waals surface area contributed by atoms with E-state index in [2.05, 4.69) is 167 Å². The predicted molar refractivity (Wildman–Crippen MR) is 339 cm³/mol. The number of carbonyl (C=O) groups is 3. The lowest BCUT2D eigenvalue weighted by Crippen LogP contribution is -2.30. The molecule has 0 bridgehead atoms. The number of rotatable bonds is 56. The van der Waals surface area contributed by atoms with Gasteiger partial charge in [0.05, 0.1) is 0 Å². The van der Waals surface area contributed by atoms with Crippen LogP contribution in [-0.4, -0.2) is 37.2 Å². The van der Waals surface area contributed by atoms with Gasteiger partial charge >= 0.3 is 17.9 Å². The Balaban J connectivity index is 4.55. The lowest BCUT2D eigenvalue weighted by molar-refractivity contribution is -0.167. The minimum atomic E-state index is -0.826. The van der Waals surface area contributed by atoms with Crippen molar-refractivity contribution in [3.8, 4) is 0 Å². The maximum absolute atomic E-state index is 12.9. The fraction of sp³-hybridized carbons (Fsp3) is 0.625. The second kappa shape index (κ2) is 64.8. The average molecular weight is 1080 g/mol. The van der Waals surface area contributed by atoms with Gasteiger partial charge in [-0.3, -0.25) is 14.4 Å². The van der Waals surface area contributed by atoms with Gasteiger partial charge in [0.1, 0.15) is 13.2 Å². The molecule has 0 aliphatic heterocycles. The van der Waals surface area contributed by atoms with Crippen LogP contribution < -0.4 is 0 Å². The highest BCUT2D eigenvalue weighted by Gasteiger charge is 2.19. The van der Waals surface area contributed by atoms with Gasteiger partial charge in [-0.25, -0.2) is 0 Å². The topological polar surface area (TPSA) is 78.9 Å². The first kappa shape index (κ1) is 73.3. The summed E-state index contributed by atoms with van der Waals surface area (Å²) in [5, 5.41) is 0. The second-order valence-corrected chi connectivity index (χ2v) is 20.6. The number of ether oxygens (including phenoxy) is 3. The summed E-state index contributed by atoms with van der Waals surface area (Å²) in [5.74, 6) is -1.01. The van der Waals surface area contributed by atoms with Crippen LogP contribution in [0.2, 0.25) is 0 Å². The van der Waals surface area contributed by atoms with Crippen molar-refractivity contribution in [2.75, 3.05) is 13.2 Å². The Morgan fingerprint density at radius 1 is 0.269 bits per heavy atom. The Hall–Kier alpha value is -4.71. The Labute approximate surface area is 480 Å². The van der Waals surface area contributed by atoms with Gasteiger partial charge in [0.15, 0.2) is 6.10 Å². The Bertz CT molecular complexity index is 1710. The van der Waals surface area contributed by atoms with E-state index in [1.807, 2.05) is 0 Å². The molecule has 0 N–H and O–H groups in total. The second-order valence-electron chi connectivity index (χ2n) is 20.6. The summed E-state index contributed by atoms with van der Waals surface area (Å²) in [4.78, 5) is 38.3. The molecule has 0 aliphatic rings. The molecule has 0 amide bonds. The van der Waals surface area contributed by atoms with E-state index in [4.69, 9.17) is 14.2 Å². The van der Waals surface area contributed by atoms with Crippen molar-refractivity contribution in [2.24, 2.45) is 0 Å². The highest BCUT2D eigenvalue weighted by molar-refractivity contribution is 5.71. The van der Waals surface area contributed by atoms with Crippen molar-refractivity contribution >= 4 is 17.9 Å². The van der Waals surface area contributed by atoms with E-state index in [-0.39, 0.29) is 44.0 Å². The predicted octanol–water partition coefficient (Wildman–Crippen LogP) is 21.9. The van der Waals surface area contributed by atoms with Crippen LogP contribution in [0, 0.1) is 0 Å². The first-order valence-corrected chi connectivity index (χ1v) is 31.8. The largest absolute Gasteiger partial charge is 0.462 e. The fourth-order valence-corrected chi connectivity index (χ4v) is 8.40. The first-order chi connectivity index (χ1) is 38.5. The molecule has 1 unspecified atom stereocenters. The van der Waals surface area contributed by atoms with Crippen LogP contribution >= 0.6 is 0 Å². The van der Waals surface area contributed by atoms with Crippen molar-refractivity contribution in [1.82, 2.24) is 0 Å². The van der Waals surface area contributed by atoms with Crippen molar-refractivity contribution in [1.29, 1.82) is 0 Å².